The molecule has 3 aliphatic heterocycles. The predicted octanol–water partition coefficient (Wildman–Crippen LogP) is 2.22. The lowest BCUT2D eigenvalue weighted by molar-refractivity contribution is 0.0950. The van der Waals surface area contributed by atoms with E-state index >= 15 is 0 Å². The number of nitrogens with zero attached hydrogens (tertiary/aromatic N) is 2. The maximum atomic E-state index is 12.4. The molecule has 3 heterocycles. The molecule has 0 radical (unpaired) electrons. The Morgan fingerprint density at radius 1 is 1.20 bits per heavy atom. The third-order valence-electron chi connectivity index (χ3n) is 6.03. The highest BCUT2D eigenvalue weighted by molar-refractivity contribution is 8.15. The van der Waals surface area contributed by atoms with Crippen molar-refractivity contribution in [2.75, 3.05) is 43.0 Å². The molecule has 0 aromatic heterocycles. The van der Waals surface area contributed by atoms with E-state index in [-0.39, 0.29) is 28.7 Å². The quantitative estimate of drug-likeness (QED) is 0.646. The molecule has 3 aliphatic rings. The van der Waals surface area contributed by atoms with Crippen molar-refractivity contribution in [2.45, 2.75) is 37.5 Å². The number of aliphatic imine (C=N–C) groups is 1. The lowest BCUT2D eigenvalue weighted by Crippen LogP contribution is -2.35. The van der Waals surface area contributed by atoms with E-state index in [1.165, 1.54) is 37.7 Å². The minimum Gasteiger partial charge on any atom is -0.352 e. The van der Waals surface area contributed by atoms with Crippen LogP contribution in [0.15, 0.2) is 29.3 Å². The van der Waals surface area contributed by atoms with E-state index in [2.05, 4.69) is 27.4 Å². The first kappa shape index (κ1) is 21.6. The second-order valence-electron chi connectivity index (χ2n) is 8.57. The van der Waals surface area contributed by atoms with Crippen LogP contribution in [0.3, 0.4) is 0 Å². The Morgan fingerprint density at radius 3 is 2.63 bits per heavy atom. The van der Waals surface area contributed by atoms with Crippen LogP contribution in [-0.4, -0.2) is 73.4 Å². The Hall–Kier alpha value is -1.58. The molecular weight excluding hydrogens is 420 g/mol. The van der Waals surface area contributed by atoms with Crippen LogP contribution >= 0.6 is 11.8 Å². The SMILES string of the molecule is CC1CCN(CCCNC(=O)c2ccc(NC3=N[C@@H]4CS(=O)(=O)C[C@@H]4S3)cc2)CC1. The molecule has 1 amide bonds. The van der Waals surface area contributed by atoms with E-state index in [0.717, 1.165) is 29.7 Å². The van der Waals surface area contributed by atoms with Gasteiger partial charge in [-0.1, -0.05) is 18.7 Å². The number of likely N-dealkylation sites (tertiary alicyclic amines) is 1. The molecule has 1 aromatic rings. The molecule has 4 rings (SSSR count). The number of thioether (sulfide) groups is 1. The lowest BCUT2D eigenvalue weighted by Gasteiger charge is -2.30. The van der Waals surface area contributed by atoms with Gasteiger partial charge in [0.1, 0.15) is 0 Å². The molecule has 0 bridgehead atoms. The number of benzene rings is 1. The van der Waals surface area contributed by atoms with Crippen molar-refractivity contribution in [3.05, 3.63) is 29.8 Å². The number of piperidine rings is 1. The molecule has 164 valence electrons. The second kappa shape index (κ2) is 9.28. The maximum Gasteiger partial charge on any atom is 0.251 e. The van der Waals surface area contributed by atoms with Gasteiger partial charge in [-0.05, 0) is 69.1 Å². The van der Waals surface area contributed by atoms with Gasteiger partial charge < -0.3 is 15.5 Å². The van der Waals surface area contributed by atoms with Gasteiger partial charge >= 0.3 is 0 Å². The van der Waals surface area contributed by atoms with E-state index in [1.54, 1.807) is 12.1 Å². The number of nitrogens with one attached hydrogen (secondary N) is 2. The summed E-state index contributed by atoms with van der Waals surface area (Å²) in [5, 5.41) is 7.02. The third kappa shape index (κ3) is 5.56. The zero-order chi connectivity index (χ0) is 21.1. The van der Waals surface area contributed by atoms with Gasteiger partial charge in [-0.3, -0.25) is 9.79 Å². The smallest absolute Gasteiger partial charge is 0.251 e. The monoisotopic (exact) mass is 450 g/mol. The van der Waals surface area contributed by atoms with Crippen LogP contribution in [0.5, 0.6) is 0 Å². The van der Waals surface area contributed by atoms with Gasteiger partial charge in [0, 0.05) is 23.0 Å². The number of hydrogen-bond donors (Lipinski definition) is 2. The summed E-state index contributed by atoms with van der Waals surface area (Å²) in [6, 6.07) is 7.18. The molecule has 0 saturated carbocycles. The van der Waals surface area contributed by atoms with E-state index in [4.69, 9.17) is 0 Å². The molecule has 30 heavy (non-hydrogen) atoms. The van der Waals surface area contributed by atoms with E-state index in [0.29, 0.717) is 12.1 Å². The van der Waals surface area contributed by atoms with Gasteiger partial charge in [0.2, 0.25) is 0 Å². The average molecular weight is 451 g/mol. The lowest BCUT2D eigenvalue weighted by atomic mass is 9.99. The molecule has 9 heteroatoms. The van der Waals surface area contributed by atoms with Crippen molar-refractivity contribution in [1.82, 2.24) is 10.2 Å². The number of carbonyl (C=O) groups is 1. The number of rotatable bonds is 6. The summed E-state index contributed by atoms with van der Waals surface area (Å²) < 4.78 is 23.3. The van der Waals surface area contributed by atoms with Gasteiger partial charge in [-0.2, -0.15) is 0 Å². The van der Waals surface area contributed by atoms with Crippen LogP contribution in [0.4, 0.5) is 5.69 Å². The molecule has 2 saturated heterocycles. The highest BCUT2D eigenvalue weighted by Crippen LogP contribution is 2.34. The topological polar surface area (TPSA) is 90.9 Å². The summed E-state index contributed by atoms with van der Waals surface area (Å²) in [5.41, 5.74) is 1.48. The van der Waals surface area contributed by atoms with E-state index < -0.39 is 9.84 Å². The normalized spacial score (nSPS) is 26.2. The number of amidine groups is 1. The highest BCUT2D eigenvalue weighted by Gasteiger charge is 2.42. The number of amides is 1. The summed E-state index contributed by atoms with van der Waals surface area (Å²) >= 11 is 1.49. The highest BCUT2D eigenvalue weighted by atomic mass is 32.2. The maximum absolute atomic E-state index is 12.4. The van der Waals surface area contributed by atoms with Crippen molar-refractivity contribution in [3.63, 3.8) is 0 Å². The van der Waals surface area contributed by atoms with Gasteiger partial charge in [0.25, 0.3) is 5.91 Å². The molecule has 7 nitrogen and oxygen atoms in total. The van der Waals surface area contributed by atoms with E-state index in [9.17, 15) is 13.2 Å². The molecule has 0 aliphatic carbocycles. The predicted molar refractivity (Wildman–Crippen MR) is 123 cm³/mol. The molecule has 1 aromatic carbocycles. The first-order valence-corrected chi connectivity index (χ1v) is 13.4. The summed E-state index contributed by atoms with van der Waals surface area (Å²) in [4.78, 5) is 19.3. The number of hydrogen-bond acceptors (Lipinski definition) is 7. The first-order valence-electron chi connectivity index (χ1n) is 10.7. The number of carbonyl (C=O) groups excluding carboxylic acids is 1. The third-order valence-corrected chi connectivity index (χ3v) is 9.17. The van der Waals surface area contributed by atoms with Crippen molar-refractivity contribution in [2.24, 2.45) is 10.9 Å². The van der Waals surface area contributed by atoms with Crippen LogP contribution in [0, 0.1) is 5.92 Å². The van der Waals surface area contributed by atoms with Crippen LogP contribution in [0.2, 0.25) is 0 Å². The minimum absolute atomic E-state index is 0.0240. The van der Waals surface area contributed by atoms with Crippen molar-refractivity contribution >= 4 is 38.4 Å². The summed E-state index contributed by atoms with van der Waals surface area (Å²) in [5.74, 6) is 1.13. The summed E-state index contributed by atoms with van der Waals surface area (Å²) in [7, 11) is -2.94. The Balaban J connectivity index is 1.19. The second-order valence-corrected chi connectivity index (χ2v) is 12.0. The zero-order valence-electron chi connectivity index (χ0n) is 17.3. The molecule has 0 unspecified atom stereocenters. The van der Waals surface area contributed by atoms with Gasteiger partial charge in [0.05, 0.1) is 17.5 Å². The van der Waals surface area contributed by atoms with Crippen molar-refractivity contribution in [1.29, 1.82) is 0 Å². The Bertz CT molecular complexity index is 893. The molecule has 2 fully saturated rings. The van der Waals surface area contributed by atoms with Gasteiger partial charge in [-0.25, -0.2) is 8.42 Å². The van der Waals surface area contributed by atoms with Crippen LogP contribution in [-0.2, 0) is 9.84 Å². The van der Waals surface area contributed by atoms with E-state index in [1.807, 2.05) is 12.1 Å². The summed E-state index contributed by atoms with van der Waals surface area (Å²) in [6.45, 7) is 6.38. The van der Waals surface area contributed by atoms with Gasteiger partial charge in [-0.15, -0.1) is 0 Å². The molecule has 2 N–H and O–H groups in total. The standard InChI is InChI=1S/C21H30N4O3S2/c1-15-7-11-25(12-8-15)10-2-9-22-20(26)16-3-5-17(6-4-16)23-21-24-18-13-30(27,28)14-19(18)29-21/h3-6,15,18-19H,2,7-14H2,1H3,(H,22,26)(H,23,24)/t18-,19+/m1/s1. The molecular formula is C21H30N4O3S2. The van der Waals surface area contributed by atoms with Crippen LogP contribution in [0.25, 0.3) is 0 Å². The number of anilines is 1. The Morgan fingerprint density at radius 2 is 1.93 bits per heavy atom. The van der Waals surface area contributed by atoms with Crippen molar-refractivity contribution in [3.8, 4) is 0 Å². The Kier molecular flexibility index (Phi) is 6.69. The zero-order valence-corrected chi connectivity index (χ0v) is 19.0. The minimum atomic E-state index is -2.94. The van der Waals surface area contributed by atoms with Gasteiger partial charge in [0.15, 0.2) is 15.0 Å². The van der Waals surface area contributed by atoms with Crippen LogP contribution in [0.1, 0.15) is 36.5 Å². The van der Waals surface area contributed by atoms with Crippen LogP contribution < -0.4 is 10.6 Å². The number of sulfone groups is 1. The fourth-order valence-corrected chi connectivity index (χ4v) is 7.81. The fraction of sp³-hybridized carbons (Fsp3) is 0.619. The fourth-order valence-electron chi connectivity index (χ4n) is 4.14. The largest absolute Gasteiger partial charge is 0.352 e. The summed E-state index contributed by atoms with van der Waals surface area (Å²) in [6.07, 6.45) is 3.52. The Labute approximate surface area is 183 Å². The van der Waals surface area contributed by atoms with Crippen molar-refractivity contribution < 1.29 is 13.2 Å². The number of fused-ring (bicyclic) bond motifs is 1. The molecule has 2 atom stereocenters. The molecule has 0 spiro atoms. The first-order chi connectivity index (χ1) is 14.4. The average Bonchev–Trinajstić information content (AvgIpc) is 3.19.